The van der Waals surface area contributed by atoms with Gasteiger partial charge in [-0.25, -0.2) is 13.8 Å². The number of rotatable bonds is 5. The summed E-state index contributed by atoms with van der Waals surface area (Å²) >= 11 is 0. The Morgan fingerprint density at radius 1 is 1.07 bits per heavy atom. The summed E-state index contributed by atoms with van der Waals surface area (Å²) in [5.74, 6) is 0.214. The third-order valence-corrected chi connectivity index (χ3v) is 6.12. The Bertz CT molecular complexity index is 879. The summed E-state index contributed by atoms with van der Waals surface area (Å²) in [4.78, 5) is 23.5. The molecular formula is C22H28F2N4O. The molecule has 2 heterocycles. The predicted octanol–water partition coefficient (Wildman–Crippen LogP) is 3.82. The van der Waals surface area contributed by atoms with Crippen molar-refractivity contribution in [1.29, 1.82) is 0 Å². The van der Waals surface area contributed by atoms with E-state index in [1.54, 1.807) is 0 Å². The maximum Gasteiger partial charge on any atom is 0.280 e. The molecule has 156 valence electrons. The summed E-state index contributed by atoms with van der Waals surface area (Å²) in [5, 5.41) is 0. The van der Waals surface area contributed by atoms with E-state index < -0.39 is 17.7 Å². The zero-order chi connectivity index (χ0) is 20.2. The topological polar surface area (TPSA) is 52.2 Å². The molecule has 2 fully saturated rings. The van der Waals surface area contributed by atoms with E-state index in [-0.39, 0.29) is 5.82 Å². The summed E-state index contributed by atoms with van der Waals surface area (Å²) in [5.41, 5.74) is 0.669. The van der Waals surface area contributed by atoms with Gasteiger partial charge in [-0.1, -0.05) is 37.1 Å². The minimum atomic E-state index is -2.77. The normalized spacial score (nSPS) is 19.7. The molecule has 0 radical (unpaired) electrons. The maximum absolute atomic E-state index is 13.1. The van der Waals surface area contributed by atoms with Crippen LogP contribution in [0.5, 0.6) is 0 Å². The monoisotopic (exact) mass is 402 g/mol. The first-order chi connectivity index (χ1) is 14.1. The number of benzene rings is 1. The van der Waals surface area contributed by atoms with Crippen LogP contribution in [0.4, 0.5) is 8.78 Å². The number of nitrogens with one attached hydrogen (secondary N) is 1. The quantitative estimate of drug-likeness (QED) is 0.826. The van der Waals surface area contributed by atoms with E-state index in [1.807, 2.05) is 24.3 Å². The lowest BCUT2D eigenvalue weighted by molar-refractivity contribution is 0.146. The van der Waals surface area contributed by atoms with Crippen LogP contribution >= 0.6 is 0 Å². The van der Waals surface area contributed by atoms with Crippen molar-refractivity contribution in [2.45, 2.75) is 51.1 Å². The van der Waals surface area contributed by atoms with Crippen molar-refractivity contribution in [1.82, 2.24) is 19.8 Å². The van der Waals surface area contributed by atoms with Gasteiger partial charge in [0.25, 0.3) is 12.0 Å². The van der Waals surface area contributed by atoms with Crippen LogP contribution in [0.15, 0.2) is 35.1 Å². The van der Waals surface area contributed by atoms with Crippen LogP contribution in [-0.4, -0.2) is 52.0 Å². The highest BCUT2D eigenvalue weighted by atomic mass is 19.3. The van der Waals surface area contributed by atoms with Gasteiger partial charge in [-0.3, -0.25) is 14.6 Å². The Morgan fingerprint density at radius 3 is 2.66 bits per heavy atom. The first kappa shape index (κ1) is 20.2. The van der Waals surface area contributed by atoms with Crippen molar-refractivity contribution in [3.8, 4) is 11.4 Å². The number of halogens is 2. The minimum absolute atomic E-state index is 0.214. The predicted molar refractivity (Wildman–Crippen MR) is 109 cm³/mol. The van der Waals surface area contributed by atoms with Crippen LogP contribution in [0.2, 0.25) is 0 Å². The fourth-order valence-electron chi connectivity index (χ4n) is 4.63. The first-order valence-corrected chi connectivity index (χ1v) is 10.5. The lowest BCUT2D eigenvalue weighted by Gasteiger charge is -2.27. The van der Waals surface area contributed by atoms with E-state index >= 15 is 0 Å². The van der Waals surface area contributed by atoms with Gasteiger partial charge in [0.15, 0.2) is 0 Å². The fourth-order valence-corrected chi connectivity index (χ4v) is 4.63. The van der Waals surface area contributed by atoms with E-state index in [2.05, 4.69) is 19.8 Å². The summed E-state index contributed by atoms with van der Waals surface area (Å²) in [7, 11) is 0. The van der Waals surface area contributed by atoms with Crippen LogP contribution in [0.3, 0.4) is 0 Å². The molecule has 1 aliphatic heterocycles. The van der Waals surface area contributed by atoms with Gasteiger partial charge in [-0.05, 0) is 37.9 Å². The van der Waals surface area contributed by atoms with Crippen molar-refractivity contribution in [3.05, 3.63) is 51.9 Å². The van der Waals surface area contributed by atoms with Crippen molar-refractivity contribution in [2.75, 3.05) is 26.2 Å². The van der Waals surface area contributed by atoms with Crippen LogP contribution in [0.1, 0.15) is 49.8 Å². The van der Waals surface area contributed by atoms with Gasteiger partial charge in [-0.2, -0.15) is 0 Å². The highest BCUT2D eigenvalue weighted by Crippen LogP contribution is 2.26. The second-order valence-corrected chi connectivity index (χ2v) is 8.08. The molecule has 2 aliphatic rings. The second kappa shape index (κ2) is 9.13. The van der Waals surface area contributed by atoms with E-state index in [1.165, 1.54) is 25.7 Å². The summed E-state index contributed by atoms with van der Waals surface area (Å²) in [6, 6.07) is 9.22. The molecule has 1 aromatic heterocycles. The SMILES string of the molecule is O=c1cc(C(F)F)nc(-c2ccccc2CN2CCCN(C3CCCC3)CC2)[nH]1. The molecule has 5 nitrogen and oxygen atoms in total. The summed E-state index contributed by atoms with van der Waals surface area (Å²) in [6.45, 7) is 4.94. The highest BCUT2D eigenvalue weighted by Gasteiger charge is 2.25. The molecule has 29 heavy (non-hydrogen) atoms. The molecule has 0 atom stereocenters. The van der Waals surface area contributed by atoms with Crippen LogP contribution in [0, 0.1) is 0 Å². The Morgan fingerprint density at radius 2 is 1.86 bits per heavy atom. The number of aromatic nitrogens is 2. The molecule has 1 saturated carbocycles. The number of H-pyrrole nitrogens is 1. The van der Waals surface area contributed by atoms with Crippen molar-refractivity contribution in [2.24, 2.45) is 0 Å². The molecule has 1 saturated heterocycles. The van der Waals surface area contributed by atoms with Gasteiger partial charge in [0.1, 0.15) is 11.5 Å². The average Bonchev–Trinajstić information content (AvgIpc) is 3.15. The Hall–Kier alpha value is -2.12. The number of hydrogen-bond acceptors (Lipinski definition) is 4. The van der Waals surface area contributed by atoms with E-state index in [0.717, 1.165) is 56.8 Å². The van der Waals surface area contributed by atoms with Gasteiger partial charge in [0.05, 0.1) is 0 Å². The first-order valence-electron chi connectivity index (χ1n) is 10.5. The van der Waals surface area contributed by atoms with E-state index in [4.69, 9.17) is 0 Å². The fraction of sp³-hybridized carbons (Fsp3) is 0.545. The highest BCUT2D eigenvalue weighted by molar-refractivity contribution is 5.60. The van der Waals surface area contributed by atoms with E-state index in [0.29, 0.717) is 5.56 Å². The third kappa shape index (κ3) is 4.90. The van der Waals surface area contributed by atoms with Crippen molar-refractivity contribution >= 4 is 0 Å². The van der Waals surface area contributed by atoms with Gasteiger partial charge in [0.2, 0.25) is 0 Å². The van der Waals surface area contributed by atoms with Gasteiger partial charge >= 0.3 is 0 Å². The molecular weight excluding hydrogens is 374 g/mol. The second-order valence-electron chi connectivity index (χ2n) is 8.08. The van der Waals surface area contributed by atoms with Crippen LogP contribution in [0.25, 0.3) is 11.4 Å². The zero-order valence-corrected chi connectivity index (χ0v) is 16.6. The summed E-state index contributed by atoms with van der Waals surface area (Å²) < 4.78 is 26.2. The Labute approximate surface area is 169 Å². The Kier molecular flexibility index (Phi) is 6.35. The molecule has 7 heteroatoms. The molecule has 1 N–H and O–H groups in total. The lowest BCUT2D eigenvalue weighted by Crippen LogP contribution is -2.36. The average molecular weight is 402 g/mol. The van der Waals surface area contributed by atoms with E-state index in [9.17, 15) is 13.6 Å². The Balaban J connectivity index is 1.51. The minimum Gasteiger partial charge on any atom is -0.307 e. The van der Waals surface area contributed by atoms with Gasteiger partial charge < -0.3 is 4.98 Å². The molecule has 0 unspecified atom stereocenters. The lowest BCUT2D eigenvalue weighted by atomic mass is 10.1. The van der Waals surface area contributed by atoms with Crippen LogP contribution < -0.4 is 5.56 Å². The molecule has 0 amide bonds. The van der Waals surface area contributed by atoms with Crippen LogP contribution in [-0.2, 0) is 6.54 Å². The molecule has 1 aliphatic carbocycles. The molecule has 2 aromatic rings. The number of alkyl halides is 2. The standard InChI is InChI=1S/C22H28F2N4O/c23-21(24)19-14-20(29)26-22(25-19)18-9-4-1-6-16(18)15-27-10-5-11-28(13-12-27)17-7-2-3-8-17/h1,4,6,9,14,17,21H,2-3,5,7-8,10-13,15H2,(H,25,26,29). The largest absolute Gasteiger partial charge is 0.307 e. The molecule has 1 aromatic carbocycles. The third-order valence-electron chi connectivity index (χ3n) is 6.12. The number of aromatic amines is 1. The molecule has 4 rings (SSSR count). The molecule has 0 bridgehead atoms. The number of nitrogens with zero attached hydrogens (tertiary/aromatic N) is 3. The summed E-state index contributed by atoms with van der Waals surface area (Å²) in [6.07, 6.45) is 3.71. The van der Waals surface area contributed by atoms with Gasteiger partial charge in [0, 0.05) is 37.3 Å². The maximum atomic E-state index is 13.1. The van der Waals surface area contributed by atoms with Crippen molar-refractivity contribution < 1.29 is 8.78 Å². The number of hydrogen-bond donors (Lipinski definition) is 1. The smallest absolute Gasteiger partial charge is 0.280 e. The zero-order valence-electron chi connectivity index (χ0n) is 16.6. The van der Waals surface area contributed by atoms with Gasteiger partial charge in [-0.15, -0.1) is 0 Å². The molecule has 0 spiro atoms. The van der Waals surface area contributed by atoms with Crippen molar-refractivity contribution in [3.63, 3.8) is 0 Å².